The SMILES string of the molecule is C#Cc1n[nH]cc1N. The van der Waals surface area contributed by atoms with Crippen LogP contribution in [0.25, 0.3) is 0 Å². The molecule has 0 aliphatic rings. The highest BCUT2D eigenvalue weighted by atomic mass is 15.1. The standard InChI is InChI=1S/C5H5N3/c1-2-5-4(6)3-7-8-5/h1,3H,6H2,(H,7,8). The van der Waals surface area contributed by atoms with Crippen LogP contribution in [0.15, 0.2) is 6.20 Å². The maximum atomic E-state index is 5.31. The summed E-state index contributed by atoms with van der Waals surface area (Å²) >= 11 is 0. The molecule has 0 aromatic carbocycles. The number of hydrogen-bond donors (Lipinski definition) is 2. The predicted molar refractivity (Wildman–Crippen MR) is 30.9 cm³/mol. The third kappa shape index (κ3) is 0.521. The molecule has 0 saturated heterocycles. The van der Waals surface area contributed by atoms with Gasteiger partial charge in [0.15, 0.2) is 5.69 Å². The first-order valence-electron chi connectivity index (χ1n) is 2.10. The molecule has 0 unspecified atom stereocenters. The fourth-order valence-corrected chi connectivity index (χ4v) is 0.415. The zero-order valence-corrected chi connectivity index (χ0v) is 4.18. The van der Waals surface area contributed by atoms with E-state index in [2.05, 4.69) is 16.1 Å². The van der Waals surface area contributed by atoms with Gasteiger partial charge < -0.3 is 5.73 Å². The first-order valence-corrected chi connectivity index (χ1v) is 2.10. The summed E-state index contributed by atoms with van der Waals surface area (Å²) in [7, 11) is 0. The molecule has 0 aliphatic heterocycles. The minimum absolute atomic E-state index is 0.477. The van der Waals surface area contributed by atoms with Crippen molar-refractivity contribution in [1.82, 2.24) is 10.2 Å². The first-order chi connectivity index (χ1) is 3.84. The number of rotatable bonds is 0. The molecule has 3 N–H and O–H groups in total. The maximum Gasteiger partial charge on any atom is 0.157 e. The van der Waals surface area contributed by atoms with Crippen LogP contribution < -0.4 is 5.73 Å². The molecule has 0 atom stereocenters. The van der Waals surface area contributed by atoms with E-state index in [1.807, 2.05) is 0 Å². The lowest BCUT2D eigenvalue weighted by molar-refractivity contribution is 1.08. The van der Waals surface area contributed by atoms with Gasteiger partial charge in [-0.3, -0.25) is 5.10 Å². The number of nitrogens with one attached hydrogen (secondary N) is 1. The zero-order chi connectivity index (χ0) is 5.98. The van der Waals surface area contributed by atoms with Gasteiger partial charge in [-0.2, -0.15) is 5.10 Å². The molecule has 3 heteroatoms. The predicted octanol–water partition coefficient (Wildman–Crippen LogP) is -0.0268. The largest absolute Gasteiger partial charge is 0.395 e. The van der Waals surface area contributed by atoms with Gasteiger partial charge >= 0.3 is 0 Å². The zero-order valence-electron chi connectivity index (χ0n) is 4.18. The second kappa shape index (κ2) is 1.58. The fourth-order valence-electron chi connectivity index (χ4n) is 0.415. The smallest absolute Gasteiger partial charge is 0.157 e. The van der Waals surface area contributed by atoms with Crippen LogP contribution in [0.2, 0.25) is 0 Å². The number of nitrogens with two attached hydrogens (primary N) is 1. The Hall–Kier alpha value is -1.43. The van der Waals surface area contributed by atoms with Crippen molar-refractivity contribution in [1.29, 1.82) is 0 Å². The van der Waals surface area contributed by atoms with Crippen LogP contribution in [0.5, 0.6) is 0 Å². The molecule has 1 aromatic heterocycles. The average Bonchev–Trinajstić information content (AvgIpc) is 2.14. The number of aromatic nitrogens is 2. The summed E-state index contributed by atoms with van der Waals surface area (Å²) in [6, 6.07) is 0. The van der Waals surface area contributed by atoms with E-state index in [1.165, 1.54) is 0 Å². The van der Waals surface area contributed by atoms with Crippen LogP contribution in [0, 0.1) is 12.3 Å². The van der Waals surface area contributed by atoms with Crippen molar-refractivity contribution in [2.45, 2.75) is 0 Å². The minimum atomic E-state index is 0.477. The van der Waals surface area contributed by atoms with Crippen LogP contribution >= 0.6 is 0 Å². The highest BCUT2D eigenvalue weighted by molar-refractivity contribution is 5.48. The molecule has 3 nitrogen and oxygen atoms in total. The van der Waals surface area contributed by atoms with E-state index < -0.39 is 0 Å². The molecule has 0 amide bonds. The Morgan fingerprint density at radius 3 is 2.88 bits per heavy atom. The van der Waals surface area contributed by atoms with Gasteiger partial charge in [0.1, 0.15) is 0 Å². The number of terminal acetylenes is 1. The second-order valence-corrected chi connectivity index (χ2v) is 1.33. The normalized spacial score (nSPS) is 8.38. The molecule has 40 valence electrons. The Kier molecular flexibility index (Phi) is 0.935. The quantitative estimate of drug-likeness (QED) is 0.457. The lowest BCUT2D eigenvalue weighted by atomic mass is 10.4. The van der Waals surface area contributed by atoms with Crippen molar-refractivity contribution in [3.05, 3.63) is 11.9 Å². The summed E-state index contributed by atoms with van der Waals surface area (Å²) < 4.78 is 0. The molecule has 0 bridgehead atoms. The molecular formula is C5H5N3. The van der Waals surface area contributed by atoms with Crippen LogP contribution in [-0.4, -0.2) is 10.2 Å². The monoisotopic (exact) mass is 107 g/mol. The summed E-state index contributed by atoms with van der Waals surface area (Å²) in [6.07, 6.45) is 6.53. The Morgan fingerprint density at radius 1 is 1.88 bits per heavy atom. The van der Waals surface area contributed by atoms with E-state index in [9.17, 15) is 0 Å². The van der Waals surface area contributed by atoms with Crippen LogP contribution in [-0.2, 0) is 0 Å². The number of anilines is 1. The second-order valence-electron chi connectivity index (χ2n) is 1.33. The van der Waals surface area contributed by atoms with E-state index in [0.29, 0.717) is 11.4 Å². The molecule has 0 saturated carbocycles. The van der Waals surface area contributed by atoms with Crippen LogP contribution in [0.3, 0.4) is 0 Å². The summed E-state index contributed by atoms with van der Waals surface area (Å²) in [5.74, 6) is 2.31. The van der Waals surface area contributed by atoms with Gasteiger partial charge in [-0.25, -0.2) is 0 Å². The van der Waals surface area contributed by atoms with Crippen LogP contribution in [0.4, 0.5) is 5.69 Å². The van der Waals surface area contributed by atoms with E-state index in [4.69, 9.17) is 12.2 Å². The van der Waals surface area contributed by atoms with Gasteiger partial charge in [-0.05, 0) is 5.92 Å². The fraction of sp³-hybridized carbons (Fsp3) is 0. The van der Waals surface area contributed by atoms with Crippen molar-refractivity contribution in [3.63, 3.8) is 0 Å². The molecule has 0 spiro atoms. The summed E-state index contributed by atoms with van der Waals surface area (Å²) in [6.45, 7) is 0. The summed E-state index contributed by atoms with van der Waals surface area (Å²) in [5, 5.41) is 6.18. The third-order valence-electron chi connectivity index (χ3n) is 0.807. The third-order valence-corrected chi connectivity index (χ3v) is 0.807. The van der Waals surface area contributed by atoms with Gasteiger partial charge in [-0.1, -0.05) is 0 Å². The lowest BCUT2D eigenvalue weighted by Crippen LogP contribution is -1.83. The maximum absolute atomic E-state index is 5.31. The van der Waals surface area contributed by atoms with Crippen molar-refractivity contribution in [2.24, 2.45) is 0 Å². The number of aromatic amines is 1. The average molecular weight is 107 g/mol. The Labute approximate surface area is 46.9 Å². The van der Waals surface area contributed by atoms with Crippen molar-refractivity contribution < 1.29 is 0 Å². The number of nitrogen functional groups attached to an aromatic ring is 1. The molecule has 0 aliphatic carbocycles. The number of nitrogens with zero attached hydrogens (tertiary/aromatic N) is 1. The van der Waals surface area contributed by atoms with Crippen molar-refractivity contribution >= 4 is 5.69 Å². The number of H-pyrrole nitrogens is 1. The highest BCUT2D eigenvalue weighted by Gasteiger charge is 1.92. The van der Waals surface area contributed by atoms with Crippen molar-refractivity contribution in [3.8, 4) is 12.3 Å². The molecular weight excluding hydrogens is 102 g/mol. The Morgan fingerprint density at radius 2 is 2.62 bits per heavy atom. The van der Waals surface area contributed by atoms with Crippen molar-refractivity contribution in [2.75, 3.05) is 5.73 Å². The van der Waals surface area contributed by atoms with Gasteiger partial charge in [0, 0.05) is 6.20 Å². The molecule has 1 aromatic rings. The van der Waals surface area contributed by atoms with E-state index in [-0.39, 0.29) is 0 Å². The minimum Gasteiger partial charge on any atom is -0.395 e. The first kappa shape index (κ1) is 4.72. The van der Waals surface area contributed by atoms with E-state index in [0.717, 1.165) is 0 Å². The van der Waals surface area contributed by atoms with Crippen LogP contribution in [0.1, 0.15) is 5.69 Å². The van der Waals surface area contributed by atoms with Gasteiger partial charge in [-0.15, -0.1) is 6.42 Å². The molecule has 0 radical (unpaired) electrons. The highest BCUT2D eigenvalue weighted by Crippen LogP contribution is 2.01. The van der Waals surface area contributed by atoms with Gasteiger partial charge in [0.05, 0.1) is 5.69 Å². The summed E-state index contributed by atoms with van der Waals surface area (Å²) in [4.78, 5) is 0. The van der Waals surface area contributed by atoms with Gasteiger partial charge in [0.25, 0.3) is 0 Å². The molecule has 1 heterocycles. The Bertz CT molecular complexity index is 218. The van der Waals surface area contributed by atoms with E-state index >= 15 is 0 Å². The number of hydrogen-bond acceptors (Lipinski definition) is 2. The molecule has 0 fully saturated rings. The topological polar surface area (TPSA) is 54.7 Å². The van der Waals surface area contributed by atoms with Gasteiger partial charge in [0.2, 0.25) is 0 Å². The Balaban J connectivity index is 3.15. The lowest BCUT2D eigenvalue weighted by Gasteiger charge is -1.77. The van der Waals surface area contributed by atoms with E-state index in [1.54, 1.807) is 6.20 Å². The summed E-state index contributed by atoms with van der Waals surface area (Å²) in [5.41, 5.74) is 6.31. The molecule has 1 rings (SSSR count). The molecule has 8 heavy (non-hydrogen) atoms.